The van der Waals surface area contributed by atoms with Crippen LogP contribution in [0.5, 0.6) is 17.2 Å². The molecule has 1 N–H and O–H groups in total. The monoisotopic (exact) mass is 482 g/mol. The zero-order chi connectivity index (χ0) is 23.5. The minimum atomic E-state index is -0.688. The molecule has 11 nitrogen and oxygen atoms in total. The summed E-state index contributed by atoms with van der Waals surface area (Å²) >= 11 is 1.23. The zero-order valence-electron chi connectivity index (χ0n) is 18.1. The Morgan fingerprint density at radius 2 is 1.71 bits per heavy atom. The van der Waals surface area contributed by atoms with Crippen LogP contribution in [0.2, 0.25) is 0 Å². The number of piperazine rings is 1. The molecular formula is C22H22N6O5S. The van der Waals surface area contributed by atoms with Crippen molar-refractivity contribution in [2.24, 2.45) is 0 Å². The Balaban J connectivity index is 1.12. The van der Waals surface area contributed by atoms with Gasteiger partial charge in [-0.05, 0) is 46.8 Å². The van der Waals surface area contributed by atoms with E-state index in [1.165, 1.54) is 16.4 Å². The topological polar surface area (TPSA) is 123 Å². The Bertz CT molecular complexity index is 1180. The lowest BCUT2D eigenvalue weighted by Gasteiger charge is -2.37. The molecule has 1 fully saturated rings. The third kappa shape index (κ3) is 4.62. The van der Waals surface area contributed by atoms with E-state index in [0.717, 1.165) is 0 Å². The van der Waals surface area contributed by atoms with Crippen LogP contribution in [-0.4, -0.2) is 91.6 Å². The fraction of sp³-hybridized carbons (Fsp3) is 0.318. The number of para-hydroxylation sites is 2. The molecule has 1 atom stereocenters. The average Bonchev–Trinajstić information content (AvgIpc) is 3.36. The van der Waals surface area contributed by atoms with Gasteiger partial charge in [-0.1, -0.05) is 23.9 Å². The van der Waals surface area contributed by atoms with Crippen molar-refractivity contribution in [3.63, 3.8) is 0 Å². The molecule has 0 saturated carbocycles. The van der Waals surface area contributed by atoms with Crippen molar-refractivity contribution in [2.45, 2.75) is 11.3 Å². The van der Waals surface area contributed by atoms with Crippen LogP contribution in [0.4, 0.5) is 0 Å². The van der Waals surface area contributed by atoms with Crippen LogP contribution in [0.3, 0.4) is 0 Å². The van der Waals surface area contributed by atoms with Gasteiger partial charge in [0.2, 0.25) is 17.2 Å². The van der Waals surface area contributed by atoms with Gasteiger partial charge >= 0.3 is 0 Å². The molecule has 2 aliphatic rings. The van der Waals surface area contributed by atoms with E-state index in [4.69, 9.17) is 9.47 Å². The van der Waals surface area contributed by atoms with E-state index in [2.05, 4.69) is 15.5 Å². The van der Waals surface area contributed by atoms with Crippen LogP contribution < -0.4 is 9.47 Å². The fourth-order valence-corrected chi connectivity index (χ4v) is 4.56. The summed E-state index contributed by atoms with van der Waals surface area (Å²) < 4.78 is 13.0. The van der Waals surface area contributed by atoms with E-state index in [9.17, 15) is 14.7 Å². The van der Waals surface area contributed by atoms with Gasteiger partial charge in [0.1, 0.15) is 12.4 Å². The summed E-state index contributed by atoms with van der Waals surface area (Å²) in [6.07, 6.45) is -0.688. The summed E-state index contributed by atoms with van der Waals surface area (Å²) in [4.78, 5) is 29.1. The number of hydrogen-bond acceptors (Lipinski definition) is 9. The van der Waals surface area contributed by atoms with Crippen LogP contribution in [0, 0.1) is 0 Å². The number of aromatic nitrogens is 4. The lowest BCUT2D eigenvalue weighted by atomic mass is 10.2. The number of fused-ring (bicyclic) bond motifs is 1. The number of rotatable bonds is 5. The predicted molar refractivity (Wildman–Crippen MR) is 121 cm³/mol. The molecule has 3 heterocycles. The number of nitrogens with zero attached hydrogens (tertiary/aromatic N) is 6. The van der Waals surface area contributed by atoms with E-state index in [0.29, 0.717) is 48.5 Å². The lowest BCUT2D eigenvalue weighted by Crippen LogP contribution is -2.55. The van der Waals surface area contributed by atoms with Crippen molar-refractivity contribution in [1.82, 2.24) is 30.0 Å². The summed E-state index contributed by atoms with van der Waals surface area (Å²) in [5.41, 5.74) is 0.682. The summed E-state index contributed by atoms with van der Waals surface area (Å²) in [6.45, 7) is 1.92. The lowest BCUT2D eigenvalue weighted by molar-refractivity contribution is -0.145. The quantitative estimate of drug-likeness (QED) is 0.530. The smallest absolute Gasteiger partial charge is 0.267 e. The first kappa shape index (κ1) is 22.0. The van der Waals surface area contributed by atoms with E-state index < -0.39 is 6.10 Å². The number of aromatic hydroxyl groups is 1. The average molecular weight is 483 g/mol. The van der Waals surface area contributed by atoms with Crippen LogP contribution >= 0.6 is 11.8 Å². The van der Waals surface area contributed by atoms with Gasteiger partial charge in [-0.2, -0.15) is 4.68 Å². The maximum Gasteiger partial charge on any atom is 0.267 e. The molecule has 3 aromatic rings. The van der Waals surface area contributed by atoms with Crippen LogP contribution in [0.25, 0.3) is 5.69 Å². The van der Waals surface area contributed by atoms with Crippen molar-refractivity contribution < 1.29 is 24.2 Å². The molecule has 0 spiro atoms. The molecule has 2 amide bonds. The Labute approximate surface area is 199 Å². The van der Waals surface area contributed by atoms with Crippen molar-refractivity contribution >= 4 is 23.6 Å². The Morgan fingerprint density at radius 1 is 1.00 bits per heavy atom. The second kappa shape index (κ2) is 9.59. The number of benzene rings is 2. The number of phenols is 1. The van der Waals surface area contributed by atoms with Gasteiger partial charge in [0.25, 0.3) is 5.91 Å². The molecule has 0 aliphatic carbocycles. The Morgan fingerprint density at radius 3 is 2.47 bits per heavy atom. The van der Waals surface area contributed by atoms with Crippen molar-refractivity contribution in [3.05, 3.63) is 48.5 Å². The molecule has 0 bridgehead atoms. The SMILES string of the molecule is O=C(CSc1nnnn1-c1ccc(O)cc1)N1CCN(C(=O)[C@H]2COc3ccccc3O2)CC1. The Hall–Kier alpha value is -3.80. The second-order valence-electron chi connectivity index (χ2n) is 7.75. The first-order valence-corrected chi connectivity index (χ1v) is 11.7. The summed E-state index contributed by atoms with van der Waals surface area (Å²) in [5, 5.41) is 21.6. The predicted octanol–water partition coefficient (Wildman–Crippen LogP) is 0.971. The number of hydrogen-bond donors (Lipinski definition) is 1. The molecular weight excluding hydrogens is 460 g/mol. The molecule has 176 valence electrons. The minimum Gasteiger partial charge on any atom is -0.508 e. The highest BCUT2D eigenvalue weighted by molar-refractivity contribution is 7.99. The molecule has 2 aliphatic heterocycles. The summed E-state index contributed by atoms with van der Waals surface area (Å²) in [7, 11) is 0. The maximum atomic E-state index is 12.9. The normalized spacial score (nSPS) is 17.5. The van der Waals surface area contributed by atoms with Gasteiger partial charge in [0.15, 0.2) is 11.5 Å². The number of phenolic OH excluding ortho intramolecular Hbond substituents is 1. The molecule has 1 aromatic heterocycles. The molecule has 1 saturated heterocycles. The van der Waals surface area contributed by atoms with Gasteiger partial charge in [-0.3, -0.25) is 9.59 Å². The highest BCUT2D eigenvalue weighted by Gasteiger charge is 2.33. The van der Waals surface area contributed by atoms with Crippen LogP contribution in [0.15, 0.2) is 53.7 Å². The third-order valence-corrected chi connectivity index (χ3v) is 6.49. The molecule has 34 heavy (non-hydrogen) atoms. The van der Waals surface area contributed by atoms with E-state index in [1.807, 2.05) is 18.2 Å². The zero-order valence-corrected chi connectivity index (χ0v) is 18.9. The summed E-state index contributed by atoms with van der Waals surface area (Å²) in [6, 6.07) is 13.7. The van der Waals surface area contributed by atoms with Gasteiger partial charge in [0.05, 0.1) is 11.4 Å². The Kier molecular flexibility index (Phi) is 6.21. The molecule has 5 rings (SSSR count). The van der Waals surface area contributed by atoms with Crippen molar-refractivity contribution in [1.29, 1.82) is 0 Å². The van der Waals surface area contributed by atoms with Gasteiger partial charge in [0, 0.05) is 26.2 Å². The highest BCUT2D eigenvalue weighted by Crippen LogP contribution is 2.31. The molecule has 0 radical (unpaired) electrons. The minimum absolute atomic E-state index is 0.0523. The maximum absolute atomic E-state index is 12.9. The number of carbonyl (C=O) groups excluding carboxylic acids is 2. The van der Waals surface area contributed by atoms with Crippen molar-refractivity contribution in [2.75, 3.05) is 38.5 Å². The second-order valence-corrected chi connectivity index (χ2v) is 8.69. The van der Waals surface area contributed by atoms with Gasteiger partial charge in [-0.15, -0.1) is 5.10 Å². The van der Waals surface area contributed by atoms with Gasteiger partial charge < -0.3 is 24.4 Å². The van der Waals surface area contributed by atoms with E-state index >= 15 is 0 Å². The number of thioether (sulfide) groups is 1. The highest BCUT2D eigenvalue weighted by atomic mass is 32.2. The van der Waals surface area contributed by atoms with Crippen LogP contribution in [0.1, 0.15) is 0 Å². The molecule has 12 heteroatoms. The molecule has 2 aromatic carbocycles. The van der Waals surface area contributed by atoms with Crippen molar-refractivity contribution in [3.8, 4) is 22.9 Å². The largest absolute Gasteiger partial charge is 0.508 e. The number of tetrazole rings is 1. The molecule has 0 unspecified atom stereocenters. The van der Waals surface area contributed by atoms with Gasteiger partial charge in [-0.25, -0.2) is 0 Å². The standard InChI is InChI=1S/C22H22N6O5S/c29-16-7-5-15(6-8-16)28-22(23-24-25-28)34-14-20(30)26-9-11-27(12-10-26)21(31)19-13-32-17-3-1-2-4-18(17)33-19/h1-8,19,29H,9-14H2/t19-/m1/s1. The number of ether oxygens (including phenoxy) is 2. The summed E-state index contributed by atoms with van der Waals surface area (Å²) in [5.74, 6) is 1.32. The number of amides is 2. The first-order chi connectivity index (χ1) is 16.6. The number of carbonyl (C=O) groups is 2. The fourth-order valence-electron chi connectivity index (χ4n) is 3.76. The van der Waals surface area contributed by atoms with Crippen LogP contribution in [-0.2, 0) is 9.59 Å². The van der Waals surface area contributed by atoms with E-state index in [1.54, 1.807) is 40.1 Å². The van der Waals surface area contributed by atoms with E-state index in [-0.39, 0.29) is 29.9 Å². The first-order valence-electron chi connectivity index (χ1n) is 10.7. The third-order valence-electron chi connectivity index (χ3n) is 5.59.